The first-order valence-corrected chi connectivity index (χ1v) is 6.98. The van der Waals surface area contributed by atoms with Crippen molar-refractivity contribution in [1.82, 2.24) is 9.80 Å². The van der Waals surface area contributed by atoms with Gasteiger partial charge in [0.25, 0.3) is 0 Å². The van der Waals surface area contributed by atoms with Crippen molar-refractivity contribution in [1.29, 1.82) is 0 Å². The Kier molecular flexibility index (Phi) is 3.52. The van der Waals surface area contributed by atoms with Gasteiger partial charge in [-0.3, -0.25) is 9.80 Å². The average molecular weight is 246 g/mol. The highest BCUT2D eigenvalue weighted by Crippen LogP contribution is 2.26. The third-order valence-electron chi connectivity index (χ3n) is 4.19. The molecule has 1 unspecified atom stereocenters. The number of methoxy groups -OCH3 is 1. The molecule has 0 spiro atoms. The molecule has 0 saturated carbocycles. The SMILES string of the molecule is COc1ccc(CN2CCCN3CCCC32)cc1. The number of hydrogen-bond acceptors (Lipinski definition) is 3. The number of fused-ring (bicyclic) bond motifs is 1. The van der Waals surface area contributed by atoms with E-state index in [1.165, 1.54) is 44.5 Å². The van der Waals surface area contributed by atoms with E-state index in [1.807, 2.05) is 0 Å². The molecule has 1 aromatic carbocycles. The number of nitrogens with zero attached hydrogens (tertiary/aromatic N) is 2. The fourth-order valence-corrected chi connectivity index (χ4v) is 3.26. The lowest BCUT2D eigenvalue weighted by Crippen LogP contribution is -2.49. The molecule has 3 rings (SSSR count). The second-order valence-electron chi connectivity index (χ2n) is 5.33. The fourth-order valence-electron chi connectivity index (χ4n) is 3.26. The van der Waals surface area contributed by atoms with Crippen LogP contribution in [0.4, 0.5) is 0 Å². The Morgan fingerprint density at radius 2 is 1.89 bits per heavy atom. The molecule has 2 heterocycles. The first-order chi connectivity index (χ1) is 8.86. The predicted octanol–water partition coefficient (Wildman–Crippen LogP) is 2.32. The van der Waals surface area contributed by atoms with E-state index >= 15 is 0 Å². The molecule has 0 bridgehead atoms. The fraction of sp³-hybridized carbons (Fsp3) is 0.600. The van der Waals surface area contributed by atoms with E-state index in [2.05, 4.69) is 34.1 Å². The Morgan fingerprint density at radius 3 is 2.67 bits per heavy atom. The maximum absolute atomic E-state index is 5.21. The highest BCUT2D eigenvalue weighted by atomic mass is 16.5. The largest absolute Gasteiger partial charge is 0.497 e. The minimum absolute atomic E-state index is 0.695. The topological polar surface area (TPSA) is 15.7 Å². The van der Waals surface area contributed by atoms with Crippen LogP contribution in [-0.2, 0) is 6.54 Å². The minimum Gasteiger partial charge on any atom is -0.497 e. The third-order valence-corrected chi connectivity index (χ3v) is 4.19. The van der Waals surface area contributed by atoms with Crippen LogP contribution in [0.15, 0.2) is 24.3 Å². The number of ether oxygens (including phenoxy) is 1. The molecule has 2 aliphatic rings. The maximum Gasteiger partial charge on any atom is 0.118 e. The summed E-state index contributed by atoms with van der Waals surface area (Å²) in [7, 11) is 1.72. The van der Waals surface area contributed by atoms with Crippen molar-refractivity contribution in [2.75, 3.05) is 26.7 Å². The quantitative estimate of drug-likeness (QED) is 0.814. The molecule has 3 heteroatoms. The molecule has 2 fully saturated rings. The van der Waals surface area contributed by atoms with E-state index in [4.69, 9.17) is 4.74 Å². The van der Waals surface area contributed by atoms with Crippen LogP contribution in [0.5, 0.6) is 5.75 Å². The monoisotopic (exact) mass is 246 g/mol. The summed E-state index contributed by atoms with van der Waals surface area (Å²) in [6.45, 7) is 4.91. The standard InChI is InChI=1S/C15H22N2O/c1-18-14-7-5-13(6-8-14)12-17-11-3-10-16-9-2-4-15(16)17/h5-8,15H,2-4,9-12H2,1H3. The van der Waals surface area contributed by atoms with Crippen LogP contribution in [0, 0.1) is 0 Å². The molecule has 0 radical (unpaired) electrons. The van der Waals surface area contributed by atoms with Crippen LogP contribution in [0.25, 0.3) is 0 Å². The van der Waals surface area contributed by atoms with Crippen LogP contribution in [0.1, 0.15) is 24.8 Å². The van der Waals surface area contributed by atoms with E-state index in [0.717, 1.165) is 12.3 Å². The molecule has 2 aliphatic heterocycles. The van der Waals surface area contributed by atoms with Gasteiger partial charge < -0.3 is 4.74 Å². The second kappa shape index (κ2) is 5.29. The van der Waals surface area contributed by atoms with Gasteiger partial charge in [0.1, 0.15) is 5.75 Å². The van der Waals surface area contributed by atoms with Gasteiger partial charge in [-0.05, 0) is 43.5 Å². The summed E-state index contributed by atoms with van der Waals surface area (Å²) in [4.78, 5) is 5.28. The summed E-state index contributed by atoms with van der Waals surface area (Å²) >= 11 is 0. The molecule has 0 amide bonds. The Hall–Kier alpha value is -1.06. The minimum atomic E-state index is 0.695. The van der Waals surface area contributed by atoms with Gasteiger partial charge in [-0.15, -0.1) is 0 Å². The Balaban J connectivity index is 1.67. The molecule has 98 valence electrons. The van der Waals surface area contributed by atoms with Gasteiger partial charge in [-0.25, -0.2) is 0 Å². The average Bonchev–Trinajstić information content (AvgIpc) is 2.89. The van der Waals surface area contributed by atoms with E-state index in [1.54, 1.807) is 7.11 Å². The molecule has 1 aromatic rings. The van der Waals surface area contributed by atoms with Crippen molar-refractivity contribution in [2.24, 2.45) is 0 Å². The van der Waals surface area contributed by atoms with Crippen LogP contribution in [0.3, 0.4) is 0 Å². The molecule has 0 aromatic heterocycles. The summed E-state index contributed by atoms with van der Waals surface area (Å²) < 4.78 is 5.21. The van der Waals surface area contributed by atoms with E-state index in [9.17, 15) is 0 Å². The van der Waals surface area contributed by atoms with Crippen LogP contribution >= 0.6 is 0 Å². The normalized spacial score (nSPS) is 25.1. The summed E-state index contributed by atoms with van der Waals surface area (Å²) in [6.07, 6.45) is 4.72. The van der Waals surface area contributed by atoms with Crippen molar-refractivity contribution in [3.05, 3.63) is 29.8 Å². The molecular weight excluding hydrogens is 224 g/mol. The first kappa shape index (κ1) is 12.0. The van der Waals surface area contributed by atoms with Gasteiger partial charge in [0.2, 0.25) is 0 Å². The first-order valence-electron chi connectivity index (χ1n) is 6.98. The highest BCUT2D eigenvalue weighted by Gasteiger charge is 2.32. The van der Waals surface area contributed by atoms with Gasteiger partial charge in [-0.2, -0.15) is 0 Å². The van der Waals surface area contributed by atoms with Gasteiger partial charge in [-0.1, -0.05) is 12.1 Å². The lowest BCUT2D eigenvalue weighted by molar-refractivity contribution is 0.0286. The zero-order chi connectivity index (χ0) is 12.4. The Labute approximate surface area is 109 Å². The highest BCUT2D eigenvalue weighted by molar-refractivity contribution is 5.27. The zero-order valence-electron chi connectivity index (χ0n) is 11.1. The van der Waals surface area contributed by atoms with Crippen LogP contribution < -0.4 is 4.74 Å². The van der Waals surface area contributed by atoms with Crippen molar-refractivity contribution >= 4 is 0 Å². The van der Waals surface area contributed by atoms with Crippen molar-refractivity contribution in [3.8, 4) is 5.75 Å². The van der Waals surface area contributed by atoms with Gasteiger partial charge in [0, 0.05) is 19.6 Å². The van der Waals surface area contributed by atoms with E-state index < -0.39 is 0 Å². The molecule has 1 atom stereocenters. The number of benzene rings is 1. The van der Waals surface area contributed by atoms with Crippen LogP contribution in [-0.4, -0.2) is 42.7 Å². The maximum atomic E-state index is 5.21. The Morgan fingerprint density at radius 1 is 1.11 bits per heavy atom. The predicted molar refractivity (Wildman–Crippen MR) is 72.6 cm³/mol. The lowest BCUT2D eigenvalue weighted by Gasteiger charge is -2.40. The second-order valence-corrected chi connectivity index (χ2v) is 5.33. The van der Waals surface area contributed by atoms with Crippen LogP contribution in [0.2, 0.25) is 0 Å². The number of hydrogen-bond donors (Lipinski definition) is 0. The Bertz CT molecular complexity index is 390. The van der Waals surface area contributed by atoms with E-state index in [-0.39, 0.29) is 0 Å². The smallest absolute Gasteiger partial charge is 0.118 e. The van der Waals surface area contributed by atoms with Gasteiger partial charge in [0.15, 0.2) is 0 Å². The summed E-state index contributed by atoms with van der Waals surface area (Å²) in [6, 6.07) is 8.50. The third kappa shape index (κ3) is 2.38. The van der Waals surface area contributed by atoms with Crippen molar-refractivity contribution in [2.45, 2.75) is 32.0 Å². The summed E-state index contributed by atoms with van der Waals surface area (Å²) in [5.74, 6) is 0.944. The van der Waals surface area contributed by atoms with E-state index in [0.29, 0.717) is 6.17 Å². The molecule has 2 saturated heterocycles. The van der Waals surface area contributed by atoms with Crippen molar-refractivity contribution < 1.29 is 4.74 Å². The van der Waals surface area contributed by atoms with Gasteiger partial charge >= 0.3 is 0 Å². The molecule has 0 aliphatic carbocycles. The summed E-state index contributed by atoms with van der Waals surface area (Å²) in [5.41, 5.74) is 1.39. The molecule has 18 heavy (non-hydrogen) atoms. The molecule has 0 N–H and O–H groups in total. The van der Waals surface area contributed by atoms with Gasteiger partial charge in [0.05, 0.1) is 13.3 Å². The zero-order valence-corrected chi connectivity index (χ0v) is 11.1. The number of rotatable bonds is 3. The van der Waals surface area contributed by atoms with Crippen molar-refractivity contribution in [3.63, 3.8) is 0 Å². The molecular formula is C15H22N2O. The lowest BCUT2D eigenvalue weighted by atomic mass is 10.1. The molecule has 3 nitrogen and oxygen atoms in total. The summed E-state index contributed by atoms with van der Waals surface area (Å²) in [5, 5.41) is 0.